The van der Waals surface area contributed by atoms with Crippen LogP contribution in [0.1, 0.15) is 19.8 Å². The summed E-state index contributed by atoms with van der Waals surface area (Å²) in [6, 6.07) is -0.163. The van der Waals surface area contributed by atoms with Gasteiger partial charge in [0.25, 0.3) is 0 Å². The fraction of sp³-hybridized carbons (Fsp3) is 0.889. The summed E-state index contributed by atoms with van der Waals surface area (Å²) in [5.41, 5.74) is 5.55. The summed E-state index contributed by atoms with van der Waals surface area (Å²) in [5, 5.41) is 2.90. The first-order valence-corrected chi connectivity index (χ1v) is 4.74. The molecule has 4 heteroatoms. The lowest BCUT2D eigenvalue weighted by Gasteiger charge is -2.10. The Balaban J connectivity index is 2.18. The SMILES string of the molecule is CCC1CC1NC(=O)C(N)COC. The number of nitrogens with two attached hydrogens (primary N) is 1. The molecule has 1 saturated carbocycles. The molecule has 0 spiro atoms. The molecule has 1 amide bonds. The number of amides is 1. The monoisotopic (exact) mass is 186 g/mol. The predicted molar refractivity (Wildman–Crippen MR) is 50.2 cm³/mol. The number of hydrogen-bond acceptors (Lipinski definition) is 3. The Morgan fingerprint density at radius 3 is 2.92 bits per heavy atom. The van der Waals surface area contributed by atoms with Crippen molar-refractivity contribution in [3.05, 3.63) is 0 Å². The molecule has 0 heterocycles. The highest BCUT2D eigenvalue weighted by Crippen LogP contribution is 2.32. The molecular formula is C9H18N2O2. The summed E-state index contributed by atoms with van der Waals surface area (Å²) in [6.45, 7) is 2.42. The fourth-order valence-corrected chi connectivity index (χ4v) is 1.42. The average Bonchev–Trinajstić information content (AvgIpc) is 2.83. The van der Waals surface area contributed by atoms with Gasteiger partial charge in [-0.2, -0.15) is 0 Å². The van der Waals surface area contributed by atoms with E-state index < -0.39 is 6.04 Å². The zero-order chi connectivity index (χ0) is 9.84. The van der Waals surface area contributed by atoms with E-state index in [9.17, 15) is 4.79 Å². The van der Waals surface area contributed by atoms with Crippen LogP contribution in [0.3, 0.4) is 0 Å². The van der Waals surface area contributed by atoms with E-state index in [1.54, 1.807) is 7.11 Å². The zero-order valence-corrected chi connectivity index (χ0v) is 8.25. The molecule has 1 aliphatic carbocycles. The van der Waals surface area contributed by atoms with E-state index in [1.165, 1.54) is 0 Å². The smallest absolute Gasteiger partial charge is 0.239 e. The molecule has 13 heavy (non-hydrogen) atoms. The lowest BCUT2D eigenvalue weighted by Crippen LogP contribution is -2.44. The van der Waals surface area contributed by atoms with Crippen molar-refractivity contribution in [3.8, 4) is 0 Å². The second-order valence-corrected chi connectivity index (χ2v) is 3.58. The van der Waals surface area contributed by atoms with Gasteiger partial charge in [0.05, 0.1) is 6.61 Å². The van der Waals surface area contributed by atoms with Crippen molar-refractivity contribution in [1.29, 1.82) is 0 Å². The van der Waals surface area contributed by atoms with Crippen molar-refractivity contribution in [2.75, 3.05) is 13.7 Å². The van der Waals surface area contributed by atoms with E-state index in [-0.39, 0.29) is 12.5 Å². The number of ether oxygens (including phenoxy) is 1. The van der Waals surface area contributed by atoms with Gasteiger partial charge in [0.1, 0.15) is 6.04 Å². The van der Waals surface area contributed by atoms with Gasteiger partial charge in [-0.3, -0.25) is 4.79 Å². The van der Waals surface area contributed by atoms with E-state index in [0.717, 1.165) is 12.8 Å². The molecule has 0 aromatic rings. The second kappa shape index (κ2) is 4.58. The van der Waals surface area contributed by atoms with Crippen LogP contribution in [0.2, 0.25) is 0 Å². The van der Waals surface area contributed by atoms with Crippen LogP contribution in [0.5, 0.6) is 0 Å². The molecule has 1 aliphatic rings. The van der Waals surface area contributed by atoms with Crippen LogP contribution in [-0.4, -0.2) is 31.7 Å². The van der Waals surface area contributed by atoms with Gasteiger partial charge in [0.2, 0.25) is 5.91 Å². The van der Waals surface area contributed by atoms with Gasteiger partial charge in [-0.05, 0) is 12.3 Å². The lowest BCUT2D eigenvalue weighted by molar-refractivity contribution is -0.123. The third-order valence-electron chi connectivity index (χ3n) is 2.46. The molecule has 76 valence electrons. The van der Waals surface area contributed by atoms with E-state index in [2.05, 4.69) is 12.2 Å². The molecule has 1 fully saturated rings. The Bertz CT molecular complexity index is 184. The maximum Gasteiger partial charge on any atom is 0.239 e. The maximum atomic E-state index is 11.3. The highest BCUT2D eigenvalue weighted by Gasteiger charge is 2.37. The summed E-state index contributed by atoms with van der Waals surface area (Å²) in [7, 11) is 1.54. The van der Waals surface area contributed by atoms with Gasteiger partial charge in [0.15, 0.2) is 0 Å². The largest absolute Gasteiger partial charge is 0.383 e. The maximum absolute atomic E-state index is 11.3. The normalized spacial score (nSPS) is 28.2. The van der Waals surface area contributed by atoms with Crippen molar-refractivity contribution in [2.45, 2.75) is 31.8 Å². The highest BCUT2D eigenvalue weighted by molar-refractivity contribution is 5.82. The molecule has 3 unspecified atom stereocenters. The molecule has 0 aromatic heterocycles. The Hall–Kier alpha value is -0.610. The topological polar surface area (TPSA) is 64.4 Å². The Morgan fingerprint density at radius 2 is 2.46 bits per heavy atom. The van der Waals surface area contributed by atoms with Gasteiger partial charge in [0, 0.05) is 13.2 Å². The van der Waals surface area contributed by atoms with Crippen molar-refractivity contribution in [2.24, 2.45) is 11.7 Å². The lowest BCUT2D eigenvalue weighted by atomic mass is 10.3. The first-order valence-electron chi connectivity index (χ1n) is 4.74. The third kappa shape index (κ3) is 2.97. The number of rotatable bonds is 5. The van der Waals surface area contributed by atoms with Gasteiger partial charge in [-0.25, -0.2) is 0 Å². The number of carbonyl (C=O) groups excluding carboxylic acids is 1. The van der Waals surface area contributed by atoms with Crippen LogP contribution < -0.4 is 11.1 Å². The average molecular weight is 186 g/mol. The summed E-state index contributed by atoms with van der Waals surface area (Å²) < 4.78 is 4.79. The highest BCUT2D eigenvalue weighted by atomic mass is 16.5. The minimum absolute atomic E-state index is 0.0946. The zero-order valence-electron chi connectivity index (χ0n) is 8.25. The van der Waals surface area contributed by atoms with Crippen LogP contribution in [0.25, 0.3) is 0 Å². The molecule has 3 atom stereocenters. The Kier molecular flexibility index (Phi) is 3.69. The van der Waals surface area contributed by atoms with Crippen LogP contribution in [-0.2, 0) is 9.53 Å². The fourth-order valence-electron chi connectivity index (χ4n) is 1.42. The van der Waals surface area contributed by atoms with E-state index >= 15 is 0 Å². The molecule has 0 saturated heterocycles. The first-order chi connectivity index (χ1) is 6.19. The summed E-state index contributed by atoms with van der Waals surface area (Å²) in [5.74, 6) is 0.571. The van der Waals surface area contributed by atoms with Crippen molar-refractivity contribution in [3.63, 3.8) is 0 Å². The minimum atomic E-state index is -0.525. The van der Waals surface area contributed by atoms with Crippen molar-refractivity contribution >= 4 is 5.91 Å². The number of nitrogens with one attached hydrogen (secondary N) is 1. The van der Waals surface area contributed by atoms with Crippen LogP contribution in [0, 0.1) is 5.92 Å². The summed E-state index contributed by atoms with van der Waals surface area (Å²) in [4.78, 5) is 11.3. The molecule has 3 N–H and O–H groups in total. The quantitative estimate of drug-likeness (QED) is 0.629. The molecular weight excluding hydrogens is 168 g/mol. The molecule has 0 bridgehead atoms. The molecule has 4 nitrogen and oxygen atoms in total. The van der Waals surface area contributed by atoms with Crippen molar-refractivity contribution < 1.29 is 9.53 Å². The number of methoxy groups -OCH3 is 1. The second-order valence-electron chi connectivity index (χ2n) is 3.58. The molecule has 0 aliphatic heterocycles. The van der Waals surface area contributed by atoms with Gasteiger partial charge >= 0.3 is 0 Å². The van der Waals surface area contributed by atoms with Crippen LogP contribution in [0.15, 0.2) is 0 Å². The van der Waals surface area contributed by atoms with E-state index in [1.807, 2.05) is 0 Å². The number of hydrogen-bond donors (Lipinski definition) is 2. The summed E-state index contributed by atoms with van der Waals surface area (Å²) >= 11 is 0. The third-order valence-corrected chi connectivity index (χ3v) is 2.46. The summed E-state index contributed by atoms with van der Waals surface area (Å²) in [6.07, 6.45) is 2.23. The standard InChI is InChI=1S/C9H18N2O2/c1-3-6-4-8(6)11-9(12)7(10)5-13-2/h6-8H,3-5,10H2,1-2H3,(H,11,12). The van der Waals surface area contributed by atoms with Gasteiger partial charge < -0.3 is 15.8 Å². The minimum Gasteiger partial charge on any atom is -0.383 e. The predicted octanol–water partition coefficient (Wildman–Crippen LogP) is -0.125. The van der Waals surface area contributed by atoms with E-state index in [4.69, 9.17) is 10.5 Å². The van der Waals surface area contributed by atoms with Gasteiger partial charge in [-0.15, -0.1) is 0 Å². The molecule has 0 aromatic carbocycles. The molecule has 1 rings (SSSR count). The number of carbonyl (C=O) groups is 1. The Labute approximate surface area is 78.8 Å². The van der Waals surface area contributed by atoms with Crippen molar-refractivity contribution in [1.82, 2.24) is 5.32 Å². The van der Waals surface area contributed by atoms with E-state index in [0.29, 0.717) is 12.0 Å². The molecule has 0 radical (unpaired) electrons. The van der Waals surface area contributed by atoms with Crippen LogP contribution >= 0.6 is 0 Å². The van der Waals surface area contributed by atoms with Gasteiger partial charge in [-0.1, -0.05) is 13.3 Å². The first kappa shape index (κ1) is 10.5. The van der Waals surface area contributed by atoms with Crippen LogP contribution in [0.4, 0.5) is 0 Å². The Morgan fingerprint density at radius 1 is 1.77 bits per heavy atom.